The highest BCUT2D eigenvalue weighted by Crippen LogP contribution is 2.31. The Kier molecular flexibility index (Phi) is 7.06. The van der Waals surface area contributed by atoms with E-state index in [1.54, 1.807) is 24.3 Å². The van der Waals surface area contributed by atoms with Crippen LogP contribution in [-0.4, -0.2) is 32.7 Å². The molecule has 0 aliphatic carbocycles. The van der Waals surface area contributed by atoms with Crippen molar-refractivity contribution in [1.82, 2.24) is 14.5 Å². The lowest BCUT2D eigenvalue weighted by molar-refractivity contribution is -0.137. The second-order valence-electron chi connectivity index (χ2n) is 8.89. The highest BCUT2D eigenvalue weighted by molar-refractivity contribution is 7.99. The number of hydrogen-bond acceptors (Lipinski definition) is 4. The number of alkyl halides is 3. The number of thioether (sulfide) groups is 1. The molecule has 1 aliphatic rings. The lowest BCUT2D eigenvalue weighted by Crippen LogP contribution is -2.35. The van der Waals surface area contributed by atoms with Crippen LogP contribution in [0.25, 0.3) is 16.6 Å². The molecule has 0 saturated heterocycles. The Balaban J connectivity index is 1.34. The molecule has 1 amide bonds. The first-order valence-corrected chi connectivity index (χ1v) is 13.0. The molecule has 9 heteroatoms. The first-order chi connectivity index (χ1) is 17.8. The zero-order chi connectivity index (χ0) is 26.0. The molecule has 3 aromatic carbocycles. The summed E-state index contributed by atoms with van der Waals surface area (Å²) in [4.78, 5) is 32.6. The van der Waals surface area contributed by atoms with Gasteiger partial charge in [0.25, 0.3) is 5.56 Å². The molecule has 0 unspecified atom stereocenters. The monoisotopic (exact) mass is 523 g/mol. The summed E-state index contributed by atoms with van der Waals surface area (Å²) in [5.74, 6) is 0.553. The predicted molar refractivity (Wildman–Crippen MR) is 138 cm³/mol. The molecule has 0 atom stereocenters. The van der Waals surface area contributed by atoms with Crippen molar-refractivity contribution in [3.63, 3.8) is 0 Å². The number of aromatic nitrogens is 2. The Hall–Kier alpha value is -3.59. The molecular weight excluding hydrogens is 499 g/mol. The van der Waals surface area contributed by atoms with E-state index in [9.17, 15) is 22.8 Å². The molecule has 37 heavy (non-hydrogen) atoms. The molecule has 1 aromatic heterocycles. The molecule has 4 aromatic rings. The number of nitrogens with zero attached hydrogens (tertiary/aromatic N) is 3. The summed E-state index contributed by atoms with van der Waals surface area (Å²) >= 11 is 1.26. The van der Waals surface area contributed by atoms with Gasteiger partial charge >= 0.3 is 6.18 Å². The van der Waals surface area contributed by atoms with Gasteiger partial charge in [0.05, 0.1) is 22.2 Å². The van der Waals surface area contributed by atoms with Gasteiger partial charge in [0, 0.05) is 25.3 Å². The highest BCUT2D eigenvalue weighted by atomic mass is 32.2. The van der Waals surface area contributed by atoms with Gasteiger partial charge in [-0.25, -0.2) is 4.98 Å². The third kappa shape index (κ3) is 5.41. The molecule has 0 bridgehead atoms. The Labute approximate surface area is 215 Å². The summed E-state index contributed by atoms with van der Waals surface area (Å²) in [7, 11) is 0. The van der Waals surface area contributed by atoms with Crippen LogP contribution in [0.3, 0.4) is 0 Å². The van der Waals surface area contributed by atoms with E-state index in [1.807, 2.05) is 23.1 Å². The lowest BCUT2D eigenvalue weighted by atomic mass is 10.00. The van der Waals surface area contributed by atoms with Crippen LogP contribution in [0.4, 0.5) is 13.2 Å². The van der Waals surface area contributed by atoms with Crippen molar-refractivity contribution in [2.45, 2.75) is 37.1 Å². The van der Waals surface area contributed by atoms with E-state index >= 15 is 0 Å². The molecule has 0 radical (unpaired) electrons. The molecule has 190 valence electrons. The van der Waals surface area contributed by atoms with Crippen molar-refractivity contribution in [3.05, 3.63) is 99.8 Å². The van der Waals surface area contributed by atoms with Crippen molar-refractivity contribution in [3.8, 4) is 5.69 Å². The van der Waals surface area contributed by atoms with Gasteiger partial charge in [0.1, 0.15) is 0 Å². The van der Waals surface area contributed by atoms with E-state index in [1.165, 1.54) is 39.6 Å². The summed E-state index contributed by atoms with van der Waals surface area (Å²) in [6.07, 6.45) is -2.81. The van der Waals surface area contributed by atoms with Crippen molar-refractivity contribution < 1.29 is 18.0 Å². The van der Waals surface area contributed by atoms with E-state index in [-0.39, 0.29) is 11.6 Å². The van der Waals surface area contributed by atoms with Crippen LogP contribution in [0.2, 0.25) is 0 Å². The predicted octanol–water partition coefficient (Wildman–Crippen LogP) is 5.86. The summed E-state index contributed by atoms with van der Waals surface area (Å²) in [5.41, 5.74) is 1.74. The smallest absolute Gasteiger partial charge is 0.338 e. The van der Waals surface area contributed by atoms with Gasteiger partial charge in [-0.2, -0.15) is 13.2 Å². The minimum absolute atomic E-state index is 0.0665. The first kappa shape index (κ1) is 25.1. The maximum atomic E-state index is 13.4. The van der Waals surface area contributed by atoms with Crippen molar-refractivity contribution in [2.75, 3.05) is 12.3 Å². The van der Waals surface area contributed by atoms with E-state index in [4.69, 9.17) is 0 Å². The van der Waals surface area contributed by atoms with Gasteiger partial charge in [0.15, 0.2) is 5.16 Å². The molecule has 1 aliphatic heterocycles. The van der Waals surface area contributed by atoms with Crippen LogP contribution < -0.4 is 5.56 Å². The second kappa shape index (κ2) is 10.4. The number of halogens is 3. The maximum absolute atomic E-state index is 13.4. The largest absolute Gasteiger partial charge is 0.416 e. The van der Waals surface area contributed by atoms with Crippen LogP contribution in [-0.2, 0) is 23.9 Å². The van der Waals surface area contributed by atoms with E-state index in [0.29, 0.717) is 47.7 Å². The summed E-state index contributed by atoms with van der Waals surface area (Å²) in [5, 5.41) is 0.618. The fourth-order valence-electron chi connectivity index (χ4n) is 4.51. The molecule has 5 rings (SSSR count). The standard InChI is InChI=1S/C28H24F3N3O2S/c29-28(30,31)21-9-5-10-22(17-21)34-26(36)23-11-3-4-12-24(23)32-27(34)37-16-6-13-25(35)33-15-14-19-7-1-2-8-20(19)18-33/h1-5,7-12,17H,6,13-16,18H2. The SMILES string of the molecule is O=C(CCCSc1nc2ccccc2c(=O)n1-c1cccc(C(F)(F)F)c1)N1CCc2ccccc2C1. The van der Waals surface area contributed by atoms with Gasteiger partial charge in [0.2, 0.25) is 5.91 Å². The Bertz CT molecular complexity index is 1520. The Morgan fingerprint density at radius 3 is 2.54 bits per heavy atom. The quantitative estimate of drug-likeness (QED) is 0.180. The number of carbonyl (C=O) groups is 1. The number of amides is 1. The van der Waals surface area contributed by atoms with Crippen molar-refractivity contribution in [2.24, 2.45) is 0 Å². The summed E-state index contributed by atoms with van der Waals surface area (Å²) in [6, 6.07) is 19.6. The first-order valence-electron chi connectivity index (χ1n) is 12.0. The Morgan fingerprint density at radius 1 is 0.973 bits per heavy atom. The average Bonchev–Trinajstić information content (AvgIpc) is 2.90. The van der Waals surface area contributed by atoms with Crippen LogP contribution in [0, 0.1) is 0 Å². The van der Waals surface area contributed by atoms with E-state index in [0.717, 1.165) is 18.6 Å². The van der Waals surface area contributed by atoms with Gasteiger partial charge in [-0.1, -0.05) is 54.2 Å². The van der Waals surface area contributed by atoms with Gasteiger partial charge in [-0.05, 0) is 54.3 Å². The highest BCUT2D eigenvalue weighted by Gasteiger charge is 2.31. The zero-order valence-corrected chi connectivity index (χ0v) is 20.7. The lowest BCUT2D eigenvalue weighted by Gasteiger charge is -2.29. The van der Waals surface area contributed by atoms with E-state index < -0.39 is 17.3 Å². The molecule has 0 saturated carbocycles. The minimum atomic E-state index is -4.54. The normalized spacial score (nSPS) is 13.5. The number of para-hydroxylation sites is 1. The third-order valence-corrected chi connectivity index (χ3v) is 7.45. The number of benzene rings is 3. The summed E-state index contributed by atoms with van der Waals surface area (Å²) < 4.78 is 41.3. The topological polar surface area (TPSA) is 55.2 Å². The second-order valence-corrected chi connectivity index (χ2v) is 9.95. The molecule has 2 heterocycles. The molecule has 0 N–H and O–H groups in total. The van der Waals surface area contributed by atoms with Gasteiger partial charge in [-0.15, -0.1) is 0 Å². The van der Waals surface area contributed by atoms with Gasteiger partial charge in [-0.3, -0.25) is 14.2 Å². The summed E-state index contributed by atoms with van der Waals surface area (Å²) in [6.45, 7) is 1.29. The van der Waals surface area contributed by atoms with E-state index in [2.05, 4.69) is 11.1 Å². The van der Waals surface area contributed by atoms with Crippen LogP contribution in [0.1, 0.15) is 29.5 Å². The van der Waals surface area contributed by atoms with Gasteiger partial charge < -0.3 is 4.90 Å². The molecular formula is C28H24F3N3O2S. The number of hydrogen-bond donors (Lipinski definition) is 0. The molecule has 0 spiro atoms. The zero-order valence-electron chi connectivity index (χ0n) is 19.9. The van der Waals surface area contributed by atoms with Crippen molar-refractivity contribution in [1.29, 1.82) is 0 Å². The maximum Gasteiger partial charge on any atom is 0.416 e. The fourth-order valence-corrected chi connectivity index (χ4v) is 5.46. The number of carbonyl (C=O) groups excluding carboxylic acids is 1. The fraction of sp³-hybridized carbons (Fsp3) is 0.250. The molecule has 0 fully saturated rings. The average molecular weight is 524 g/mol. The third-order valence-electron chi connectivity index (χ3n) is 6.43. The number of rotatable bonds is 6. The Morgan fingerprint density at radius 2 is 1.73 bits per heavy atom. The molecule has 5 nitrogen and oxygen atoms in total. The van der Waals surface area contributed by atoms with Crippen molar-refractivity contribution >= 4 is 28.6 Å². The van der Waals surface area contributed by atoms with Crippen LogP contribution in [0.15, 0.2) is 82.7 Å². The minimum Gasteiger partial charge on any atom is -0.338 e. The number of fused-ring (bicyclic) bond motifs is 2. The van der Waals surface area contributed by atoms with Crippen LogP contribution in [0.5, 0.6) is 0 Å². The van der Waals surface area contributed by atoms with Crippen LogP contribution >= 0.6 is 11.8 Å².